The van der Waals surface area contributed by atoms with E-state index < -0.39 is 0 Å². The van der Waals surface area contributed by atoms with Crippen LogP contribution in [0.25, 0.3) is 0 Å². The van der Waals surface area contributed by atoms with Crippen LogP contribution in [0.15, 0.2) is 0 Å². The average Bonchev–Trinajstić information content (AvgIpc) is 2.44. The van der Waals surface area contributed by atoms with Gasteiger partial charge in [0.15, 0.2) is 0 Å². The highest BCUT2D eigenvalue weighted by molar-refractivity contribution is 4.74. The number of nitrogens with zero attached hydrogens (tertiary/aromatic N) is 1. The second-order valence-electron chi connectivity index (χ2n) is 6.67. The third-order valence-corrected chi connectivity index (χ3v) is 4.54. The molecule has 0 aliphatic carbocycles. The Morgan fingerprint density at radius 2 is 1.40 bits per heavy atom. The van der Waals surface area contributed by atoms with Gasteiger partial charge in [-0.1, -0.05) is 64.7 Å². The minimum atomic E-state index is 0.425. The molecule has 1 aliphatic heterocycles. The van der Waals surface area contributed by atoms with E-state index in [2.05, 4.69) is 25.7 Å². The van der Waals surface area contributed by atoms with Crippen molar-refractivity contribution in [2.24, 2.45) is 0 Å². The average molecular weight is 283 g/mol. The zero-order valence-corrected chi connectivity index (χ0v) is 14.2. The molecule has 0 unspecified atom stereocenters. The zero-order valence-electron chi connectivity index (χ0n) is 14.2. The lowest BCUT2D eigenvalue weighted by Crippen LogP contribution is -2.47. The number of hydrogen-bond acceptors (Lipinski definition) is 2. The molecule has 0 aromatic carbocycles. The molecular formula is C18H37NO. The summed E-state index contributed by atoms with van der Waals surface area (Å²) in [5.41, 5.74) is 0. The van der Waals surface area contributed by atoms with Crippen molar-refractivity contribution in [3.63, 3.8) is 0 Å². The molecule has 1 heterocycles. The molecule has 1 fully saturated rings. The lowest BCUT2D eigenvalue weighted by atomic mass is 10.1. The molecule has 0 aromatic heterocycles. The fraction of sp³-hybridized carbons (Fsp3) is 1.00. The van der Waals surface area contributed by atoms with Gasteiger partial charge < -0.3 is 4.74 Å². The molecule has 0 aromatic rings. The molecule has 120 valence electrons. The highest BCUT2D eigenvalue weighted by atomic mass is 16.5. The van der Waals surface area contributed by atoms with Crippen LogP contribution in [0.5, 0.6) is 0 Å². The van der Waals surface area contributed by atoms with Crippen LogP contribution >= 0.6 is 0 Å². The van der Waals surface area contributed by atoms with Gasteiger partial charge in [0.2, 0.25) is 0 Å². The van der Waals surface area contributed by atoms with Gasteiger partial charge >= 0.3 is 0 Å². The third kappa shape index (κ3) is 8.26. The molecule has 0 spiro atoms. The number of morpholine rings is 1. The molecular weight excluding hydrogens is 246 g/mol. The van der Waals surface area contributed by atoms with Crippen molar-refractivity contribution in [1.82, 2.24) is 4.90 Å². The molecule has 0 bridgehead atoms. The van der Waals surface area contributed by atoms with E-state index in [0.717, 1.165) is 13.2 Å². The summed E-state index contributed by atoms with van der Waals surface area (Å²) < 4.78 is 5.68. The van der Waals surface area contributed by atoms with E-state index in [-0.39, 0.29) is 0 Å². The molecule has 1 saturated heterocycles. The van der Waals surface area contributed by atoms with Crippen molar-refractivity contribution in [3.8, 4) is 0 Å². The molecule has 20 heavy (non-hydrogen) atoms. The van der Waals surface area contributed by atoms with E-state index >= 15 is 0 Å². The summed E-state index contributed by atoms with van der Waals surface area (Å²) in [6, 6.07) is 0.616. The van der Waals surface area contributed by atoms with Crippen LogP contribution in [0.2, 0.25) is 0 Å². The molecule has 0 N–H and O–H groups in total. The molecule has 0 radical (unpaired) electrons. The Bertz CT molecular complexity index is 219. The SMILES string of the molecule is CCCCCCCCCCCCN1C[C@H](C)OC[C@H]1C. The van der Waals surface area contributed by atoms with Crippen LogP contribution in [-0.2, 0) is 4.74 Å². The smallest absolute Gasteiger partial charge is 0.0674 e. The monoisotopic (exact) mass is 283 g/mol. The van der Waals surface area contributed by atoms with Gasteiger partial charge in [0, 0.05) is 12.6 Å². The minimum Gasteiger partial charge on any atom is -0.376 e. The molecule has 2 nitrogen and oxygen atoms in total. The summed E-state index contributed by atoms with van der Waals surface area (Å²) in [7, 11) is 0. The first kappa shape index (κ1) is 18.0. The number of unbranched alkanes of at least 4 members (excludes halogenated alkanes) is 9. The van der Waals surface area contributed by atoms with Gasteiger partial charge in [0.05, 0.1) is 12.7 Å². The van der Waals surface area contributed by atoms with Crippen LogP contribution in [0.4, 0.5) is 0 Å². The van der Waals surface area contributed by atoms with Crippen molar-refractivity contribution in [1.29, 1.82) is 0 Å². The Hall–Kier alpha value is -0.0800. The Labute approximate surface area is 127 Å². The topological polar surface area (TPSA) is 12.5 Å². The van der Waals surface area contributed by atoms with Crippen molar-refractivity contribution in [2.75, 3.05) is 19.7 Å². The molecule has 2 heteroatoms. The van der Waals surface area contributed by atoms with Gasteiger partial charge in [-0.25, -0.2) is 0 Å². The van der Waals surface area contributed by atoms with E-state index in [4.69, 9.17) is 4.74 Å². The normalized spacial score (nSPS) is 24.1. The van der Waals surface area contributed by atoms with E-state index in [1.54, 1.807) is 0 Å². The predicted octanol–water partition coefficient (Wildman–Crippen LogP) is 5.02. The Balaban J connectivity index is 1.86. The molecule has 1 rings (SSSR count). The fourth-order valence-corrected chi connectivity index (χ4v) is 3.09. The maximum Gasteiger partial charge on any atom is 0.0674 e. The van der Waals surface area contributed by atoms with Crippen LogP contribution in [0, 0.1) is 0 Å². The summed E-state index contributed by atoms with van der Waals surface area (Å²) >= 11 is 0. The van der Waals surface area contributed by atoms with Crippen LogP contribution in [0.3, 0.4) is 0 Å². The Kier molecular flexibility index (Phi) is 10.4. The summed E-state index contributed by atoms with van der Waals surface area (Å²) in [5, 5.41) is 0. The first-order chi connectivity index (χ1) is 9.74. The number of hydrogen-bond donors (Lipinski definition) is 0. The second kappa shape index (κ2) is 11.6. The van der Waals surface area contributed by atoms with Crippen molar-refractivity contribution in [3.05, 3.63) is 0 Å². The van der Waals surface area contributed by atoms with Crippen LogP contribution in [-0.4, -0.2) is 36.7 Å². The first-order valence-electron chi connectivity index (χ1n) is 9.09. The predicted molar refractivity (Wildman–Crippen MR) is 88.3 cm³/mol. The summed E-state index contributed by atoms with van der Waals surface area (Å²) in [4.78, 5) is 2.61. The van der Waals surface area contributed by atoms with E-state index in [0.29, 0.717) is 12.1 Å². The van der Waals surface area contributed by atoms with Gasteiger partial charge in [-0.2, -0.15) is 0 Å². The van der Waals surface area contributed by atoms with Gasteiger partial charge in [-0.15, -0.1) is 0 Å². The summed E-state index contributed by atoms with van der Waals surface area (Å²) in [6.45, 7) is 10.1. The van der Waals surface area contributed by atoms with E-state index in [1.807, 2.05) is 0 Å². The largest absolute Gasteiger partial charge is 0.376 e. The van der Waals surface area contributed by atoms with Gasteiger partial charge in [-0.3, -0.25) is 4.90 Å². The van der Waals surface area contributed by atoms with E-state index in [1.165, 1.54) is 70.8 Å². The molecule has 0 saturated carbocycles. The van der Waals surface area contributed by atoms with Gasteiger partial charge in [0.1, 0.15) is 0 Å². The van der Waals surface area contributed by atoms with Crippen molar-refractivity contribution in [2.45, 2.75) is 97.1 Å². The maximum atomic E-state index is 5.68. The number of rotatable bonds is 11. The molecule has 0 amide bonds. The van der Waals surface area contributed by atoms with Crippen molar-refractivity contribution < 1.29 is 4.74 Å². The van der Waals surface area contributed by atoms with Crippen LogP contribution < -0.4 is 0 Å². The lowest BCUT2D eigenvalue weighted by Gasteiger charge is -2.36. The van der Waals surface area contributed by atoms with Gasteiger partial charge in [-0.05, 0) is 26.8 Å². The lowest BCUT2D eigenvalue weighted by molar-refractivity contribution is -0.0496. The van der Waals surface area contributed by atoms with E-state index in [9.17, 15) is 0 Å². The third-order valence-electron chi connectivity index (χ3n) is 4.54. The summed E-state index contributed by atoms with van der Waals surface area (Å²) in [6.07, 6.45) is 14.7. The first-order valence-corrected chi connectivity index (χ1v) is 9.09. The molecule has 1 aliphatic rings. The van der Waals surface area contributed by atoms with Crippen molar-refractivity contribution >= 4 is 0 Å². The van der Waals surface area contributed by atoms with Gasteiger partial charge in [0.25, 0.3) is 0 Å². The quantitative estimate of drug-likeness (QED) is 0.494. The highest BCUT2D eigenvalue weighted by Crippen LogP contribution is 2.14. The maximum absolute atomic E-state index is 5.68. The fourth-order valence-electron chi connectivity index (χ4n) is 3.09. The minimum absolute atomic E-state index is 0.425. The Morgan fingerprint density at radius 1 is 0.850 bits per heavy atom. The molecule has 2 atom stereocenters. The number of ether oxygens (including phenoxy) is 1. The Morgan fingerprint density at radius 3 is 2.00 bits per heavy atom. The standard InChI is InChI=1S/C18H37NO/c1-4-5-6-7-8-9-10-11-12-13-14-19-15-18(3)20-16-17(19)2/h17-18H,4-16H2,1-3H3/t17-,18+/m1/s1. The van der Waals surface area contributed by atoms with Crippen LogP contribution in [0.1, 0.15) is 85.0 Å². The summed E-state index contributed by atoms with van der Waals surface area (Å²) in [5.74, 6) is 0. The highest BCUT2D eigenvalue weighted by Gasteiger charge is 2.22. The second-order valence-corrected chi connectivity index (χ2v) is 6.67. The zero-order chi connectivity index (χ0) is 14.6.